The molecule has 0 spiro atoms. The lowest BCUT2D eigenvalue weighted by molar-refractivity contribution is 0.112. The number of carbonyl (C=O) groups is 1. The first kappa shape index (κ1) is 9.93. The normalized spacial score (nSPS) is 10.3. The summed E-state index contributed by atoms with van der Waals surface area (Å²) in [6, 6.07) is 7.00. The predicted octanol–water partition coefficient (Wildman–Crippen LogP) is 2.71. The number of halogens is 1. The Kier molecular flexibility index (Phi) is 2.56. The third kappa shape index (κ3) is 1.78. The maximum Gasteiger partial charge on any atom is 0.224 e. The second kappa shape index (κ2) is 3.87. The first-order chi connectivity index (χ1) is 7.24. The Bertz CT molecular complexity index is 525. The molecule has 0 fully saturated rings. The Labute approximate surface area is 91.6 Å². The van der Waals surface area contributed by atoms with Gasteiger partial charge in [-0.15, -0.1) is 0 Å². The Morgan fingerprint density at radius 2 is 2.20 bits per heavy atom. The van der Waals surface area contributed by atoms with Gasteiger partial charge in [0.25, 0.3) is 0 Å². The van der Waals surface area contributed by atoms with Crippen LogP contribution in [0, 0.1) is 0 Å². The second-order valence-corrected chi connectivity index (χ2v) is 3.48. The Hall–Kier alpha value is -1.61. The van der Waals surface area contributed by atoms with Crippen LogP contribution in [0.25, 0.3) is 10.9 Å². The number of hydrogen-bond acceptors (Lipinski definition) is 3. The SMILES string of the molecule is COc1nc2ccc(Cl)cc2cc1C=O. The van der Waals surface area contributed by atoms with Crippen LogP contribution in [0.15, 0.2) is 24.3 Å². The first-order valence-corrected chi connectivity index (χ1v) is 4.72. The van der Waals surface area contributed by atoms with Crippen LogP contribution in [0.3, 0.4) is 0 Å². The highest BCUT2D eigenvalue weighted by Gasteiger charge is 2.06. The number of pyridine rings is 1. The van der Waals surface area contributed by atoms with Gasteiger partial charge in [0.1, 0.15) is 0 Å². The number of fused-ring (bicyclic) bond motifs is 1. The monoisotopic (exact) mass is 221 g/mol. The van der Waals surface area contributed by atoms with Crippen LogP contribution in [0.2, 0.25) is 5.02 Å². The predicted molar refractivity (Wildman–Crippen MR) is 58.7 cm³/mol. The van der Waals surface area contributed by atoms with Gasteiger partial charge >= 0.3 is 0 Å². The van der Waals surface area contributed by atoms with Gasteiger partial charge in [-0.05, 0) is 24.3 Å². The van der Waals surface area contributed by atoms with Gasteiger partial charge in [-0.1, -0.05) is 11.6 Å². The van der Waals surface area contributed by atoms with Gasteiger partial charge in [0, 0.05) is 10.4 Å². The van der Waals surface area contributed by atoms with Gasteiger partial charge in [-0.2, -0.15) is 0 Å². The summed E-state index contributed by atoms with van der Waals surface area (Å²) in [4.78, 5) is 15.0. The van der Waals surface area contributed by atoms with Crippen molar-refractivity contribution >= 4 is 28.8 Å². The number of aromatic nitrogens is 1. The summed E-state index contributed by atoms with van der Waals surface area (Å²) in [5, 5.41) is 1.44. The molecule has 2 aromatic rings. The van der Waals surface area contributed by atoms with Gasteiger partial charge in [0.15, 0.2) is 6.29 Å². The third-order valence-electron chi connectivity index (χ3n) is 2.09. The van der Waals surface area contributed by atoms with Crippen molar-refractivity contribution < 1.29 is 9.53 Å². The minimum atomic E-state index is 0.333. The van der Waals surface area contributed by atoms with E-state index in [-0.39, 0.29) is 0 Å². The molecule has 0 aliphatic heterocycles. The number of methoxy groups -OCH3 is 1. The first-order valence-electron chi connectivity index (χ1n) is 4.34. The molecule has 0 saturated carbocycles. The zero-order valence-electron chi connectivity index (χ0n) is 8.03. The lowest BCUT2D eigenvalue weighted by Crippen LogP contribution is -1.94. The van der Waals surface area contributed by atoms with Crippen molar-refractivity contribution in [2.45, 2.75) is 0 Å². The molecule has 0 radical (unpaired) electrons. The molecule has 0 unspecified atom stereocenters. The van der Waals surface area contributed by atoms with E-state index < -0.39 is 0 Å². The van der Waals surface area contributed by atoms with Crippen molar-refractivity contribution in [3.8, 4) is 5.88 Å². The molecule has 1 heterocycles. The molecule has 3 nitrogen and oxygen atoms in total. The number of benzene rings is 1. The molecule has 0 amide bonds. The quantitative estimate of drug-likeness (QED) is 0.732. The van der Waals surface area contributed by atoms with E-state index in [0.717, 1.165) is 10.9 Å². The standard InChI is InChI=1S/C11H8ClNO2/c1-15-11-8(6-14)4-7-5-9(12)2-3-10(7)13-11/h2-6H,1H3. The van der Waals surface area contributed by atoms with Crippen molar-refractivity contribution in [2.75, 3.05) is 7.11 Å². The lowest BCUT2D eigenvalue weighted by atomic mass is 10.1. The zero-order valence-corrected chi connectivity index (χ0v) is 8.78. The minimum absolute atomic E-state index is 0.333. The molecule has 0 aliphatic carbocycles. The minimum Gasteiger partial charge on any atom is -0.480 e. The van der Waals surface area contributed by atoms with E-state index >= 15 is 0 Å². The third-order valence-corrected chi connectivity index (χ3v) is 2.32. The highest BCUT2D eigenvalue weighted by Crippen LogP contribution is 2.23. The molecule has 0 N–H and O–H groups in total. The molecule has 76 valence electrons. The number of carbonyl (C=O) groups excluding carboxylic acids is 1. The average molecular weight is 222 g/mol. The van der Waals surface area contributed by atoms with E-state index in [9.17, 15) is 4.79 Å². The topological polar surface area (TPSA) is 39.2 Å². The highest BCUT2D eigenvalue weighted by molar-refractivity contribution is 6.31. The molecule has 0 atom stereocenters. The number of nitrogens with zero attached hydrogens (tertiary/aromatic N) is 1. The fourth-order valence-electron chi connectivity index (χ4n) is 1.39. The molecular weight excluding hydrogens is 214 g/mol. The van der Waals surface area contributed by atoms with Gasteiger partial charge in [-0.25, -0.2) is 4.98 Å². The van der Waals surface area contributed by atoms with Crippen LogP contribution in [0.5, 0.6) is 5.88 Å². The van der Waals surface area contributed by atoms with Crippen molar-refractivity contribution in [1.29, 1.82) is 0 Å². The van der Waals surface area contributed by atoms with E-state index in [2.05, 4.69) is 4.98 Å². The van der Waals surface area contributed by atoms with Crippen molar-refractivity contribution in [1.82, 2.24) is 4.98 Å². The average Bonchev–Trinajstić information content (AvgIpc) is 2.27. The number of ether oxygens (including phenoxy) is 1. The second-order valence-electron chi connectivity index (χ2n) is 3.04. The van der Waals surface area contributed by atoms with Gasteiger partial charge in [0.05, 0.1) is 18.2 Å². The van der Waals surface area contributed by atoms with Crippen molar-refractivity contribution in [3.05, 3.63) is 34.9 Å². The number of rotatable bonds is 2. The highest BCUT2D eigenvalue weighted by atomic mass is 35.5. The van der Waals surface area contributed by atoms with Crippen molar-refractivity contribution in [3.63, 3.8) is 0 Å². The van der Waals surface area contributed by atoms with Crippen LogP contribution in [0.1, 0.15) is 10.4 Å². The summed E-state index contributed by atoms with van der Waals surface area (Å²) in [7, 11) is 1.48. The Balaban J connectivity index is 2.75. The van der Waals surface area contributed by atoms with E-state index in [1.165, 1.54) is 7.11 Å². The maximum atomic E-state index is 10.8. The molecule has 4 heteroatoms. The summed E-state index contributed by atoms with van der Waals surface area (Å²) >= 11 is 5.84. The van der Waals surface area contributed by atoms with Gasteiger partial charge < -0.3 is 4.74 Å². The van der Waals surface area contributed by atoms with E-state index in [1.54, 1.807) is 24.3 Å². The molecule has 1 aromatic heterocycles. The van der Waals surface area contributed by atoms with Crippen LogP contribution in [-0.2, 0) is 0 Å². The summed E-state index contributed by atoms with van der Waals surface area (Å²) in [5.74, 6) is 0.333. The van der Waals surface area contributed by atoms with Crippen LogP contribution in [-0.4, -0.2) is 18.4 Å². The van der Waals surface area contributed by atoms with Crippen molar-refractivity contribution in [2.24, 2.45) is 0 Å². The summed E-state index contributed by atoms with van der Waals surface area (Å²) in [6.45, 7) is 0. The fraction of sp³-hybridized carbons (Fsp3) is 0.0909. The molecule has 1 aromatic carbocycles. The van der Waals surface area contributed by atoms with E-state index in [4.69, 9.17) is 16.3 Å². The molecular formula is C11H8ClNO2. The zero-order chi connectivity index (χ0) is 10.8. The maximum absolute atomic E-state index is 10.8. The molecule has 0 aliphatic rings. The molecule has 2 rings (SSSR count). The van der Waals surface area contributed by atoms with Gasteiger partial charge in [-0.3, -0.25) is 4.79 Å². The number of aldehydes is 1. The van der Waals surface area contributed by atoms with E-state index in [0.29, 0.717) is 22.8 Å². The fourth-order valence-corrected chi connectivity index (χ4v) is 1.57. The Morgan fingerprint density at radius 3 is 2.87 bits per heavy atom. The lowest BCUT2D eigenvalue weighted by Gasteiger charge is -2.04. The number of hydrogen-bond donors (Lipinski definition) is 0. The van der Waals surface area contributed by atoms with Crippen LogP contribution in [0.4, 0.5) is 0 Å². The van der Waals surface area contributed by atoms with Crippen LogP contribution < -0.4 is 4.74 Å². The molecule has 0 saturated heterocycles. The Morgan fingerprint density at radius 1 is 1.40 bits per heavy atom. The van der Waals surface area contributed by atoms with Gasteiger partial charge in [0.2, 0.25) is 5.88 Å². The molecule has 0 bridgehead atoms. The summed E-state index contributed by atoms with van der Waals surface area (Å²) in [5.41, 5.74) is 1.18. The summed E-state index contributed by atoms with van der Waals surface area (Å²) < 4.78 is 5.00. The van der Waals surface area contributed by atoms with E-state index in [1.807, 2.05) is 0 Å². The molecule has 15 heavy (non-hydrogen) atoms. The largest absolute Gasteiger partial charge is 0.480 e. The summed E-state index contributed by atoms with van der Waals surface area (Å²) in [6.07, 6.45) is 0.714. The smallest absolute Gasteiger partial charge is 0.224 e. The van der Waals surface area contributed by atoms with Crippen LogP contribution >= 0.6 is 11.6 Å².